The number of methoxy groups -OCH3 is 1. The van der Waals surface area contributed by atoms with E-state index in [1.165, 1.54) is 18.1 Å². The van der Waals surface area contributed by atoms with Gasteiger partial charge in [0, 0.05) is 18.7 Å². The highest BCUT2D eigenvalue weighted by molar-refractivity contribution is 5.94. The second-order valence-electron chi connectivity index (χ2n) is 5.16. The summed E-state index contributed by atoms with van der Waals surface area (Å²) in [7, 11) is 1.28. The van der Waals surface area contributed by atoms with Gasteiger partial charge in [0.2, 0.25) is 0 Å². The number of benzene rings is 1. The standard InChI is InChI=1S/C16H21F2NO3/c1-4-5-8-19(10-11(2)16(21)22-3)15(20)12-6-7-13(17)14(18)9-12/h6-7,9,11H,4-5,8,10H2,1-3H3. The quantitative estimate of drug-likeness (QED) is 0.727. The number of hydrogen-bond acceptors (Lipinski definition) is 3. The summed E-state index contributed by atoms with van der Waals surface area (Å²) in [5, 5.41) is 0. The number of amides is 1. The lowest BCUT2D eigenvalue weighted by Gasteiger charge is -2.25. The van der Waals surface area contributed by atoms with Gasteiger partial charge >= 0.3 is 5.97 Å². The molecule has 1 aromatic rings. The Bertz CT molecular complexity index is 534. The van der Waals surface area contributed by atoms with E-state index in [9.17, 15) is 18.4 Å². The van der Waals surface area contributed by atoms with Crippen molar-refractivity contribution in [3.63, 3.8) is 0 Å². The van der Waals surface area contributed by atoms with E-state index in [0.29, 0.717) is 6.54 Å². The summed E-state index contributed by atoms with van der Waals surface area (Å²) in [6.07, 6.45) is 1.62. The van der Waals surface area contributed by atoms with Crippen LogP contribution in [0.2, 0.25) is 0 Å². The van der Waals surface area contributed by atoms with Gasteiger partial charge in [0.15, 0.2) is 11.6 Å². The molecule has 0 aliphatic heterocycles. The van der Waals surface area contributed by atoms with Gasteiger partial charge in [-0.3, -0.25) is 9.59 Å². The third-order valence-electron chi connectivity index (χ3n) is 3.33. The first-order valence-corrected chi connectivity index (χ1v) is 7.22. The molecule has 0 aliphatic carbocycles. The van der Waals surface area contributed by atoms with Crippen molar-refractivity contribution in [1.29, 1.82) is 0 Å². The molecule has 122 valence electrons. The minimum Gasteiger partial charge on any atom is -0.469 e. The van der Waals surface area contributed by atoms with Crippen molar-refractivity contribution in [3.8, 4) is 0 Å². The number of ether oxygens (including phenoxy) is 1. The number of nitrogens with zero attached hydrogens (tertiary/aromatic N) is 1. The third kappa shape index (κ3) is 4.79. The van der Waals surface area contributed by atoms with Crippen molar-refractivity contribution >= 4 is 11.9 Å². The molecule has 0 heterocycles. The fourth-order valence-corrected chi connectivity index (χ4v) is 2.04. The molecule has 0 fully saturated rings. The van der Waals surface area contributed by atoms with Crippen LogP contribution in [-0.4, -0.2) is 37.0 Å². The van der Waals surface area contributed by atoms with Gasteiger partial charge in [0.05, 0.1) is 13.0 Å². The molecule has 0 spiro atoms. The highest BCUT2D eigenvalue weighted by atomic mass is 19.2. The Balaban J connectivity index is 2.91. The fourth-order valence-electron chi connectivity index (χ4n) is 2.04. The highest BCUT2D eigenvalue weighted by Gasteiger charge is 2.22. The van der Waals surface area contributed by atoms with E-state index in [2.05, 4.69) is 4.74 Å². The van der Waals surface area contributed by atoms with E-state index in [-0.39, 0.29) is 12.1 Å². The molecule has 0 saturated heterocycles. The molecule has 1 amide bonds. The zero-order valence-corrected chi connectivity index (χ0v) is 13.1. The molecule has 1 unspecified atom stereocenters. The first kappa shape index (κ1) is 18.1. The topological polar surface area (TPSA) is 46.6 Å². The molecule has 0 aromatic heterocycles. The lowest BCUT2D eigenvalue weighted by atomic mass is 10.1. The Hall–Kier alpha value is -1.98. The van der Waals surface area contributed by atoms with Crippen LogP contribution in [0.3, 0.4) is 0 Å². The van der Waals surface area contributed by atoms with E-state index in [4.69, 9.17) is 0 Å². The maximum atomic E-state index is 13.3. The van der Waals surface area contributed by atoms with Gasteiger partial charge in [-0.2, -0.15) is 0 Å². The molecule has 0 N–H and O–H groups in total. The van der Waals surface area contributed by atoms with Gasteiger partial charge in [-0.25, -0.2) is 8.78 Å². The number of carbonyl (C=O) groups is 2. The predicted molar refractivity (Wildman–Crippen MR) is 78.3 cm³/mol. The summed E-state index contributed by atoms with van der Waals surface area (Å²) in [6, 6.07) is 3.03. The molecule has 0 saturated carbocycles. The van der Waals surface area contributed by atoms with E-state index >= 15 is 0 Å². The molecule has 1 aromatic carbocycles. The van der Waals surface area contributed by atoms with E-state index in [1.54, 1.807) is 6.92 Å². The summed E-state index contributed by atoms with van der Waals surface area (Å²) >= 11 is 0. The smallest absolute Gasteiger partial charge is 0.310 e. The zero-order valence-electron chi connectivity index (χ0n) is 13.1. The lowest BCUT2D eigenvalue weighted by Crippen LogP contribution is -2.38. The van der Waals surface area contributed by atoms with Crippen LogP contribution in [0.25, 0.3) is 0 Å². The molecule has 6 heteroatoms. The molecule has 22 heavy (non-hydrogen) atoms. The van der Waals surface area contributed by atoms with Gasteiger partial charge in [0.1, 0.15) is 0 Å². The summed E-state index contributed by atoms with van der Waals surface area (Å²) in [5.41, 5.74) is 0.0621. The van der Waals surface area contributed by atoms with Crippen molar-refractivity contribution in [3.05, 3.63) is 35.4 Å². The van der Waals surface area contributed by atoms with Crippen LogP contribution in [0.1, 0.15) is 37.0 Å². The maximum absolute atomic E-state index is 13.3. The van der Waals surface area contributed by atoms with Crippen molar-refractivity contribution in [2.24, 2.45) is 5.92 Å². The van der Waals surface area contributed by atoms with Crippen LogP contribution in [0, 0.1) is 17.6 Å². The number of rotatable bonds is 7. The average Bonchev–Trinajstić information content (AvgIpc) is 2.52. The van der Waals surface area contributed by atoms with Crippen molar-refractivity contribution in [2.75, 3.05) is 20.2 Å². The zero-order chi connectivity index (χ0) is 16.7. The monoisotopic (exact) mass is 313 g/mol. The first-order chi connectivity index (χ1) is 10.4. The maximum Gasteiger partial charge on any atom is 0.310 e. The lowest BCUT2D eigenvalue weighted by molar-refractivity contribution is -0.145. The number of hydrogen-bond donors (Lipinski definition) is 0. The van der Waals surface area contributed by atoms with Gasteiger partial charge in [0.25, 0.3) is 5.91 Å². The van der Waals surface area contributed by atoms with Gasteiger partial charge < -0.3 is 9.64 Å². The van der Waals surface area contributed by atoms with Crippen LogP contribution in [0.4, 0.5) is 8.78 Å². The molecule has 1 rings (SSSR count). The van der Waals surface area contributed by atoms with Crippen LogP contribution < -0.4 is 0 Å². The number of halogens is 2. The Labute approximate surface area is 129 Å². The molecule has 0 radical (unpaired) electrons. The van der Waals surface area contributed by atoms with E-state index in [0.717, 1.165) is 25.0 Å². The normalized spacial score (nSPS) is 11.9. The average molecular weight is 313 g/mol. The number of esters is 1. The summed E-state index contributed by atoms with van der Waals surface area (Å²) < 4.78 is 30.9. The fraction of sp³-hybridized carbons (Fsp3) is 0.500. The number of carbonyl (C=O) groups excluding carboxylic acids is 2. The van der Waals surface area contributed by atoms with Gasteiger partial charge in [-0.1, -0.05) is 20.3 Å². The Morgan fingerprint density at radius 1 is 1.27 bits per heavy atom. The van der Waals surface area contributed by atoms with E-state index in [1.807, 2.05) is 6.92 Å². The summed E-state index contributed by atoms with van der Waals surface area (Å²) in [5.74, 6) is -3.40. The minimum atomic E-state index is -1.07. The van der Waals surface area contributed by atoms with Gasteiger partial charge in [-0.05, 0) is 24.6 Å². The largest absolute Gasteiger partial charge is 0.469 e. The SMILES string of the molecule is CCCCN(CC(C)C(=O)OC)C(=O)c1ccc(F)c(F)c1. The Morgan fingerprint density at radius 2 is 1.95 bits per heavy atom. The molecular weight excluding hydrogens is 292 g/mol. The predicted octanol–water partition coefficient (Wildman–Crippen LogP) is 3.02. The van der Waals surface area contributed by atoms with E-state index < -0.39 is 29.4 Å². The summed E-state index contributed by atoms with van der Waals surface area (Å²) in [6.45, 7) is 4.24. The molecular formula is C16H21F2NO3. The van der Waals surface area contributed by atoms with Gasteiger partial charge in [-0.15, -0.1) is 0 Å². The molecule has 1 atom stereocenters. The molecule has 0 aliphatic rings. The summed E-state index contributed by atoms with van der Waals surface area (Å²) in [4.78, 5) is 25.4. The Kier molecular flexibility index (Phi) is 6.95. The number of unbranched alkanes of at least 4 members (excludes halogenated alkanes) is 1. The molecule has 0 bridgehead atoms. The van der Waals surface area contributed by atoms with Crippen molar-refractivity contribution in [1.82, 2.24) is 4.90 Å². The van der Waals surface area contributed by atoms with Crippen LogP contribution in [0.5, 0.6) is 0 Å². The minimum absolute atomic E-state index is 0.0621. The van der Waals surface area contributed by atoms with Crippen molar-refractivity contribution < 1.29 is 23.1 Å². The third-order valence-corrected chi connectivity index (χ3v) is 3.33. The highest BCUT2D eigenvalue weighted by Crippen LogP contribution is 2.13. The van der Waals surface area contributed by atoms with Crippen LogP contribution >= 0.6 is 0 Å². The first-order valence-electron chi connectivity index (χ1n) is 7.22. The Morgan fingerprint density at radius 3 is 2.50 bits per heavy atom. The molecule has 4 nitrogen and oxygen atoms in total. The van der Waals surface area contributed by atoms with Crippen LogP contribution in [-0.2, 0) is 9.53 Å². The second-order valence-corrected chi connectivity index (χ2v) is 5.16. The van der Waals surface area contributed by atoms with Crippen LogP contribution in [0.15, 0.2) is 18.2 Å². The second kappa shape index (κ2) is 8.46. The van der Waals surface area contributed by atoms with Crippen molar-refractivity contribution in [2.45, 2.75) is 26.7 Å².